The molecule has 0 radical (unpaired) electrons. The number of rotatable bonds is 6. The zero-order chi connectivity index (χ0) is 22.0. The maximum absolute atomic E-state index is 12.8. The standard InChI is InChI=1S/C24H25N3O3S/c1-4-5-23-26-19(14-31-23)17-8-9-21-20(11-17)27(24(29)13-30-21)12-22(28)25-18-10-15(2)6-7-16(18)3/h6-11,14H,4-5,12-13H2,1-3H3,(H,25,28). The van der Waals surface area contributed by atoms with Crippen LogP contribution < -0.4 is 15.0 Å². The Morgan fingerprint density at radius 2 is 2.06 bits per heavy atom. The topological polar surface area (TPSA) is 71.5 Å². The van der Waals surface area contributed by atoms with Gasteiger partial charge < -0.3 is 10.1 Å². The van der Waals surface area contributed by atoms with Gasteiger partial charge >= 0.3 is 0 Å². The first kappa shape index (κ1) is 21.1. The van der Waals surface area contributed by atoms with Crippen molar-refractivity contribution in [2.45, 2.75) is 33.6 Å². The van der Waals surface area contributed by atoms with Gasteiger partial charge in [-0.2, -0.15) is 0 Å². The molecule has 0 fully saturated rings. The van der Waals surface area contributed by atoms with Gasteiger partial charge in [0.05, 0.1) is 16.4 Å². The van der Waals surface area contributed by atoms with Crippen LogP contribution in [0.1, 0.15) is 29.5 Å². The Morgan fingerprint density at radius 1 is 1.23 bits per heavy atom. The molecule has 0 unspecified atom stereocenters. The third kappa shape index (κ3) is 4.61. The van der Waals surface area contributed by atoms with Crippen LogP contribution in [0.4, 0.5) is 11.4 Å². The molecule has 1 aromatic heterocycles. The third-order valence-corrected chi connectivity index (χ3v) is 6.09. The van der Waals surface area contributed by atoms with Gasteiger partial charge in [-0.25, -0.2) is 4.98 Å². The zero-order valence-corrected chi connectivity index (χ0v) is 18.7. The SMILES string of the molecule is CCCc1nc(-c2ccc3c(c2)N(CC(=O)Nc2cc(C)ccc2C)C(=O)CO3)cs1. The molecule has 0 bridgehead atoms. The second-order valence-corrected chi connectivity index (χ2v) is 8.64. The molecular formula is C24H25N3O3S. The Kier molecular flexibility index (Phi) is 6.04. The number of amides is 2. The lowest BCUT2D eigenvalue weighted by atomic mass is 10.1. The molecule has 160 valence electrons. The predicted molar refractivity (Wildman–Crippen MR) is 124 cm³/mol. The van der Waals surface area contributed by atoms with E-state index < -0.39 is 0 Å². The molecule has 7 heteroatoms. The summed E-state index contributed by atoms with van der Waals surface area (Å²) in [7, 11) is 0. The molecule has 6 nitrogen and oxygen atoms in total. The van der Waals surface area contributed by atoms with Crippen molar-refractivity contribution in [1.82, 2.24) is 4.98 Å². The number of nitrogens with zero attached hydrogens (tertiary/aromatic N) is 2. The first-order valence-electron chi connectivity index (χ1n) is 10.3. The van der Waals surface area contributed by atoms with E-state index in [4.69, 9.17) is 9.72 Å². The van der Waals surface area contributed by atoms with Gasteiger partial charge in [0.2, 0.25) is 5.91 Å². The van der Waals surface area contributed by atoms with Crippen LogP contribution in [0.5, 0.6) is 5.75 Å². The highest BCUT2D eigenvalue weighted by Gasteiger charge is 2.28. The summed E-state index contributed by atoms with van der Waals surface area (Å²) in [4.78, 5) is 31.6. The maximum Gasteiger partial charge on any atom is 0.265 e. The number of anilines is 2. The molecule has 0 atom stereocenters. The highest BCUT2D eigenvalue weighted by molar-refractivity contribution is 7.09. The van der Waals surface area contributed by atoms with Gasteiger partial charge in [-0.15, -0.1) is 11.3 Å². The lowest BCUT2D eigenvalue weighted by molar-refractivity contribution is -0.123. The summed E-state index contributed by atoms with van der Waals surface area (Å²) < 4.78 is 5.59. The summed E-state index contributed by atoms with van der Waals surface area (Å²) in [6.07, 6.45) is 1.99. The molecule has 31 heavy (non-hydrogen) atoms. The van der Waals surface area contributed by atoms with Crippen molar-refractivity contribution in [3.8, 4) is 17.0 Å². The van der Waals surface area contributed by atoms with Crippen molar-refractivity contribution in [1.29, 1.82) is 0 Å². The number of benzene rings is 2. The van der Waals surface area contributed by atoms with Gasteiger partial charge in [0.25, 0.3) is 5.91 Å². The molecule has 0 saturated heterocycles. The Bertz CT molecular complexity index is 1140. The smallest absolute Gasteiger partial charge is 0.265 e. The van der Waals surface area contributed by atoms with Crippen LogP contribution in [0, 0.1) is 13.8 Å². The first-order valence-corrected chi connectivity index (χ1v) is 11.2. The summed E-state index contributed by atoms with van der Waals surface area (Å²) in [6, 6.07) is 11.5. The Balaban J connectivity index is 1.58. The number of carbonyl (C=O) groups is 2. The minimum absolute atomic E-state index is 0.0792. The summed E-state index contributed by atoms with van der Waals surface area (Å²) in [6.45, 7) is 5.88. The fourth-order valence-electron chi connectivity index (χ4n) is 3.51. The van der Waals surface area contributed by atoms with E-state index >= 15 is 0 Å². The van der Waals surface area contributed by atoms with Crippen LogP contribution in [0.15, 0.2) is 41.8 Å². The summed E-state index contributed by atoms with van der Waals surface area (Å²) in [5, 5.41) is 6.04. The van der Waals surface area contributed by atoms with Gasteiger partial charge in [-0.3, -0.25) is 14.5 Å². The van der Waals surface area contributed by atoms with E-state index in [9.17, 15) is 9.59 Å². The van der Waals surface area contributed by atoms with E-state index in [2.05, 4.69) is 12.2 Å². The Morgan fingerprint density at radius 3 is 2.87 bits per heavy atom. The van der Waals surface area contributed by atoms with Crippen molar-refractivity contribution in [3.63, 3.8) is 0 Å². The molecule has 2 amide bonds. The molecule has 3 aromatic rings. The van der Waals surface area contributed by atoms with E-state index in [0.717, 1.165) is 45.9 Å². The summed E-state index contributed by atoms with van der Waals surface area (Å²) >= 11 is 1.64. The number of thiazole rings is 1. The van der Waals surface area contributed by atoms with Crippen molar-refractivity contribution < 1.29 is 14.3 Å². The largest absolute Gasteiger partial charge is 0.482 e. The monoisotopic (exact) mass is 435 g/mol. The number of fused-ring (bicyclic) bond motifs is 1. The van der Waals surface area contributed by atoms with Gasteiger partial charge in [0, 0.05) is 16.6 Å². The van der Waals surface area contributed by atoms with Crippen LogP contribution in [0.3, 0.4) is 0 Å². The van der Waals surface area contributed by atoms with Gasteiger partial charge in [0.1, 0.15) is 12.3 Å². The fraction of sp³-hybridized carbons (Fsp3) is 0.292. The minimum Gasteiger partial charge on any atom is -0.482 e. The Hall–Kier alpha value is -3.19. The average Bonchev–Trinajstić information content (AvgIpc) is 3.21. The number of ether oxygens (including phenoxy) is 1. The highest BCUT2D eigenvalue weighted by atomic mass is 32.1. The molecule has 0 spiro atoms. The molecule has 4 rings (SSSR count). The van der Waals surface area contributed by atoms with Crippen LogP contribution in [-0.4, -0.2) is 29.9 Å². The number of nitrogens with one attached hydrogen (secondary N) is 1. The normalized spacial score (nSPS) is 13.0. The molecule has 0 aliphatic carbocycles. The van der Waals surface area contributed by atoms with Crippen molar-refractivity contribution in [2.24, 2.45) is 0 Å². The lowest BCUT2D eigenvalue weighted by Crippen LogP contribution is -2.43. The number of carbonyl (C=O) groups excluding carboxylic acids is 2. The lowest BCUT2D eigenvalue weighted by Gasteiger charge is -2.29. The first-order chi connectivity index (χ1) is 14.9. The third-order valence-electron chi connectivity index (χ3n) is 5.18. The van der Waals surface area contributed by atoms with E-state index in [1.165, 1.54) is 4.90 Å². The molecule has 2 heterocycles. The highest BCUT2D eigenvalue weighted by Crippen LogP contribution is 2.36. The number of aromatic nitrogens is 1. The van der Waals surface area contributed by atoms with E-state index in [0.29, 0.717) is 11.4 Å². The van der Waals surface area contributed by atoms with Crippen LogP contribution in [-0.2, 0) is 16.0 Å². The molecule has 0 saturated carbocycles. The van der Waals surface area contributed by atoms with Crippen LogP contribution in [0.25, 0.3) is 11.3 Å². The van der Waals surface area contributed by atoms with E-state index in [-0.39, 0.29) is 25.0 Å². The average molecular weight is 436 g/mol. The molecular weight excluding hydrogens is 410 g/mol. The van der Waals surface area contributed by atoms with Crippen LogP contribution >= 0.6 is 11.3 Å². The van der Waals surface area contributed by atoms with Gasteiger partial charge in [-0.05, 0) is 62.1 Å². The van der Waals surface area contributed by atoms with Crippen molar-refractivity contribution >= 4 is 34.5 Å². The number of hydrogen-bond donors (Lipinski definition) is 1. The molecule has 1 aliphatic rings. The van der Waals surface area contributed by atoms with Crippen molar-refractivity contribution in [3.05, 3.63) is 57.9 Å². The maximum atomic E-state index is 12.8. The summed E-state index contributed by atoms with van der Waals surface area (Å²) in [5.74, 6) is 0.0943. The molecule has 1 N–H and O–H groups in total. The second kappa shape index (κ2) is 8.89. The second-order valence-electron chi connectivity index (χ2n) is 7.69. The van der Waals surface area contributed by atoms with Crippen LogP contribution in [0.2, 0.25) is 0 Å². The Labute approximate surface area is 185 Å². The zero-order valence-electron chi connectivity index (χ0n) is 17.9. The van der Waals surface area contributed by atoms with Crippen molar-refractivity contribution in [2.75, 3.05) is 23.4 Å². The molecule has 1 aliphatic heterocycles. The predicted octanol–water partition coefficient (Wildman–Crippen LogP) is 4.74. The van der Waals surface area contributed by atoms with E-state index in [1.807, 2.05) is 55.6 Å². The van der Waals surface area contributed by atoms with E-state index in [1.54, 1.807) is 11.3 Å². The quantitative estimate of drug-likeness (QED) is 0.607. The fourth-order valence-corrected chi connectivity index (χ4v) is 4.42. The minimum atomic E-state index is -0.251. The molecule has 2 aromatic carbocycles. The van der Waals surface area contributed by atoms with Gasteiger partial charge in [0.15, 0.2) is 6.61 Å². The van der Waals surface area contributed by atoms with Gasteiger partial charge in [-0.1, -0.05) is 19.1 Å². The number of aryl methyl sites for hydroxylation is 3. The summed E-state index contributed by atoms with van der Waals surface area (Å²) in [5.41, 5.74) is 5.15. The number of hydrogen-bond acceptors (Lipinski definition) is 5.